The summed E-state index contributed by atoms with van der Waals surface area (Å²) in [6.07, 6.45) is -4.63. The van der Waals surface area contributed by atoms with Crippen molar-refractivity contribution in [1.29, 1.82) is 0 Å². The third-order valence-electron chi connectivity index (χ3n) is 4.08. The predicted molar refractivity (Wildman–Crippen MR) is 85.3 cm³/mol. The number of piperazine rings is 1. The highest BCUT2D eigenvalue weighted by atomic mass is 19.4. The fraction of sp³-hybridized carbons (Fsp3) is 0.533. The number of nitro groups is 1. The summed E-state index contributed by atoms with van der Waals surface area (Å²) in [7, 11) is 0. The molecule has 0 aliphatic carbocycles. The fourth-order valence-electron chi connectivity index (χ4n) is 2.64. The number of benzene rings is 1. The lowest BCUT2D eigenvalue weighted by Gasteiger charge is -2.34. The number of carbonyl (C=O) groups is 1. The van der Waals surface area contributed by atoms with Gasteiger partial charge in [-0.15, -0.1) is 0 Å². The second kappa shape index (κ2) is 7.68. The molecule has 10 heteroatoms. The van der Waals surface area contributed by atoms with Gasteiger partial charge in [0.2, 0.25) is 5.91 Å². The van der Waals surface area contributed by atoms with E-state index in [1.54, 1.807) is 4.90 Å². The van der Waals surface area contributed by atoms with Crippen molar-refractivity contribution in [3.63, 3.8) is 0 Å². The van der Waals surface area contributed by atoms with E-state index in [-0.39, 0.29) is 11.6 Å². The maximum absolute atomic E-state index is 12.7. The van der Waals surface area contributed by atoms with E-state index in [1.807, 2.05) is 0 Å². The molecule has 0 unspecified atom stereocenters. The summed E-state index contributed by atoms with van der Waals surface area (Å²) in [6.45, 7) is 5.06. The molecule has 1 amide bonds. The van der Waals surface area contributed by atoms with Crippen molar-refractivity contribution in [3.8, 4) is 0 Å². The van der Waals surface area contributed by atoms with Crippen LogP contribution in [-0.2, 0) is 11.0 Å². The smallest absolute Gasteiger partial charge is 0.378 e. The SMILES string of the molecule is CC(=O)N1CCN(CCNc2ccc(C(F)(F)F)cc2[N+](=O)[O-])CC1. The molecule has 1 N–H and O–H groups in total. The lowest BCUT2D eigenvalue weighted by Crippen LogP contribution is -2.49. The first-order chi connectivity index (χ1) is 11.7. The number of nitrogens with zero attached hydrogens (tertiary/aromatic N) is 3. The number of anilines is 1. The van der Waals surface area contributed by atoms with Gasteiger partial charge >= 0.3 is 6.18 Å². The predicted octanol–water partition coefficient (Wildman–Crippen LogP) is 2.19. The van der Waals surface area contributed by atoms with Crippen LogP contribution in [0.1, 0.15) is 12.5 Å². The fourth-order valence-corrected chi connectivity index (χ4v) is 2.64. The van der Waals surface area contributed by atoms with Crippen molar-refractivity contribution < 1.29 is 22.9 Å². The Morgan fingerprint density at radius 1 is 1.28 bits per heavy atom. The standard InChI is InChI=1S/C15H19F3N4O3/c1-11(23)21-8-6-20(7-9-21)5-4-19-13-3-2-12(15(16,17)18)10-14(13)22(24)25/h2-3,10,19H,4-9H2,1H3. The van der Waals surface area contributed by atoms with Crippen LogP contribution in [0.3, 0.4) is 0 Å². The molecule has 0 aromatic heterocycles. The van der Waals surface area contributed by atoms with Gasteiger partial charge in [-0.3, -0.25) is 19.8 Å². The first-order valence-electron chi connectivity index (χ1n) is 7.76. The van der Waals surface area contributed by atoms with Gasteiger partial charge in [0.1, 0.15) is 5.69 Å². The van der Waals surface area contributed by atoms with E-state index in [2.05, 4.69) is 10.2 Å². The maximum atomic E-state index is 12.7. The van der Waals surface area contributed by atoms with Gasteiger partial charge in [-0.2, -0.15) is 13.2 Å². The zero-order valence-electron chi connectivity index (χ0n) is 13.7. The average molecular weight is 360 g/mol. The zero-order valence-corrected chi connectivity index (χ0v) is 13.7. The van der Waals surface area contributed by atoms with Crippen LogP contribution >= 0.6 is 0 Å². The van der Waals surface area contributed by atoms with E-state index in [1.165, 1.54) is 6.92 Å². The van der Waals surface area contributed by atoms with Crippen LogP contribution < -0.4 is 5.32 Å². The summed E-state index contributed by atoms with van der Waals surface area (Å²) in [5.74, 6) is 0.0261. The molecule has 1 aliphatic rings. The van der Waals surface area contributed by atoms with Crippen LogP contribution in [-0.4, -0.2) is 59.9 Å². The Morgan fingerprint density at radius 2 is 1.92 bits per heavy atom. The molecule has 1 fully saturated rings. The Morgan fingerprint density at radius 3 is 2.44 bits per heavy atom. The Hall–Kier alpha value is -2.36. The highest BCUT2D eigenvalue weighted by Crippen LogP contribution is 2.34. The van der Waals surface area contributed by atoms with Gasteiger partial charge in [0, 0.05) is 52.3 Å². The van der Waals surface area contributed by atoms with Gasteiger partial charge in [-0.05, 0) is 12.1 Å². The van der Waals surface area contributed by atoms with Crippen molar-refractivity contribution in [2.75, 3.05) is 44.6 Å². The molecule has 138 valence electrons. The van der Waals surface area contributed by atoms with Crippen LogP contribution in [0.2, 0.25) is 0 Å². The second-order valence-electron chi connectivity index (χ2n) is 5.76. The molecule has 1 aromatic rings. The normalized spacial score (nSPS) is 15.9. The van der Waals surface area contributed by atoms with E-state index < -0.39 is 22.4 Å². The summed E-state index contributed by atoms with van der Waals surface area (Å²) < 4.78 is 38.0. The number of amides is 1. The third kappa shape index (κ3) is 5.05. The van der Waals surface area contributed by atoms with Gasteiger partial charge in [-0.25, -0.2) is 0 Å². The van der Waals surface area contributed by atoms with Gasteiger partial charge in [0.05, 0.1) is 10.5 Å². The minimum atomic E-state index is -4.63. The highest BCUT2D eigenvalue weighted by Gasteiger charge is 2.33. The number of nitro benzene ring substituents is 1. The Labute approximate surface area is 142 Å². The van der Waals surface area contributed by atoms with Gasteiger partial charge in [0.25, 0.3) is 5.69 Å². The van der Waals surface area contributed by atoms with Gasteiger partial charge < -0.3 is 10.2 Å². The zero-order chi connectivity index (χ0) is 18.6. The largest absolute Gasteiger partial charge is 0.416 e. The van der Waals surface area contributed by atoms with E-state index in [0.717, 1.165) is 12.1 Å². The van der Waals surface area contributed by atoms with Crippen LogP contribution in [0.25, 0.3) is 0 Å². The monoisotopic (exact) mass is 360 g/mol. The van der Waals surface area contributed by atoms with E-state index in [0.29, 0.717) is 45.3 Å². The summed E-state index contributed by atoms with van der Waals surface area (Å²) in [4.78, 5) is 25.3. The van der Waals surface area contributed by atoms with Crippen molar-refractivity contribution in [3.05, 3.63) is 33.9 Å². The molecule has 1 saturated heterocycles. The summed E-state index contributed by atoms with van der Waals surface area (Å²) in [5.41, 5.74) is -1.60. The minimum Gasteiger partial charge on any atom is -0.378 e. The summed E-state index contributed by atoms with van der Waals surface area (Å²) >= 11 is 0. The molecule has 0 spiro atoms. The molecular weight excluding hydrogens is 341 g/mol. The van der Waals surface area contributed by atoms with Crippen molar-refractivity contribution >= 4 is 17.3 Å². The molecule has 1 aliphatic heterocycles. The molecule has 0 saturated carbocycles. The Bertz CT molecular complexity index is 643. The quantitative estimate of drug-likeness (QED) is 0.643. The number of rotatable bonds is 5. The number of hydrogen-bond donors (Lipinski definition) is 1. The van der Waals surface area contributed by atoms with Crippen LogP contribution in [0, 0.1) is 10.1 Å². The molecule has 1 aromatic carbocycles. The van der Waals surface area contributed by atoms with Gasteiger partial charge in [-0.1, -0.05) is 0 Å². The molecule has 7 nitrogen and oxygen atoms in total. The van der Waals surface area contributed by atoms with E-state index >= 15 is 0 Å². The molecule has 0 radical (unpaired) electrons. The lowest BCUT2D eigenvalue weighted by atomic mass is 10.1. The number of hydrogen-bond acceptors (Lipinski definition) is 5. The first-order valence-corrected chi connectivity index (χ1v) is 7.76. The summed E-state index contributed by atoms with van der Waals surface area (Å²) in [6, 6.07) is 2.43. The van der Waals surface area contributed by atoms with Crippen LogP contribution in [0.15, 0.2) is 18.2 Å². The Balaban J connectivity index is 1.93. The van der Waals surface area contributed by atoms with Crippen LogP contribution in [0.5, 0.6) is 0 Å². The third-order valence-corrected chi connectivity index (χ3v) is 4.08. The van der Waals surface area contributed by atoms with Gasteiger partial charge in [0.15, 0.2) is 0 Å². The average Bonchev–Trinajstić information content (AvgIpc) is 2.54. The maximum Gasteiger partial charge on any atom is 0.416 e. The van der Waals surface area contributed by atoms with Crippen molar-refractivity contribution in [1.82, 2.24) is 9.80 Å². The van der Waals surface area contributed by atoms with E-state index in [9.17, 15) is 28.1 Å². The van der Waals surface area contributed by atoms with Crippen LogP contribution in [0.4, 0.5) is 24.5 Å². The number of halogens is 3. The molecule has 2 rings (SSSR count). The summed E-state index contributed by atoms with van der Waals surface area (Å²) in [5, 5.41) is 13.8. The molecule has 25 heavy (non-hydrogen) atoms. The van der Waals surface area contributed by atoms with E-state index in [4.69, 9.17) is 0 Å². The van der Waals surface area contributed by atoms with Crippen molar-refractivity contribution in [2.24, 2.45) is 0 Å². The molecule has 0 atom stereocenters. The molecule has 0 bridgehead atoms. The van der Waals surface area contributed by atoms with Crippen molar-refractivity contribution in [2.45, 2.75) is 13.1 Å². The second-order valence-corrected chi connectivity index (χ2v) is 5.76. The molecule has 1 heterocycles. The topological polar surface area (TPSA) is 78.7 Å². The highest BCUT2D eigenvalue weighted by molar-refractivity contribution is 5.73. The first kappa shape index (κ1) is 19.0. The number of nitrogens with one attached hydrogen (secondary N) is 1. The molecular formula is C15H19F3N4O3. The minimum absolute atomic E-state index is 0.0261. The number of alkyl halides is 3. The number of carbonyl (C=O) groups excluding carboxylic acids is 1. The lowest BCUT2D eigenvalue weighted by molar-refractivity contribution is -0.384. The Kier molecular flexibility index (Phi) is 5.83.